The largest absolute Gasteiger partial charge is 0.493 e. The van der Waals surface area contributed by atoms with Gasteiger partial charge in [0.2, 0.25) is 5.91 Å². The molecule has 6 nitrogen and oxygen atoms in total. The molecule has 1 aliphatic carbocycles. The summed E-state index contributed by atoms with van der Waals surface area (Å²) in [5, 5.41) is 8.90. The molecule has 1 fully saturated rings. The van der Waals surface area contributed by atoms with Crippen molar-refractivity contribution in [1.82, 2.24) is 5.48 Å². The van der Waals surface area contributed by atoms with Crippen LogP contribution in [0.2, 0.25) is 0 Å². The Hall–Kier alpha value is -2.86. The number of rotatable bonds is 7. The SMILES string of the molecule is COC(=O)[C@]1(c2cccc(OCCc3cccc(C)c3)c2)C[C@H]1C(=O)NO. The van der Waals surface area contributed by atoms with E-state index < -0.39 is 23.2 Å². The summed E-state index contributed by atoms with van der Waals surface area (Å²) in [6, 6.07) is 15.4. The first kappa shape index (κ1) is 18.9. The van der Waals surface area contributed by atoms with Gasteiger partial charge in [0, 0.05) is 6.42 Å². The zero-order valence-corrected chi connectivity index (χ0v) is 15.4. The fourth-order valence-electron chi connectivity index (χ4n) is 3.52. The summed E-state index contributed by atoms with van der Waals surface area (Å²) in [6.07, 6.45) is 1.06. The molecule has 0 spiro atoms. The topological polar surface area (TPSA) is 84.9 Å². The number of benzene rings is 2. The van der Waals surface area contributed by atoms with E-state index in [-0.39, 0.29) is 0 Å². The fraction of sp³-hybridized carbons (Fsp3) is 0.333. The van der Waals surface area contributed by atoms with Gasteiger partial charge in [-0.25, -0.2) is 5.48 Å². The van der Waals surface area contributed by atoms with E-state index in [9.17, 15) is 9.59 Å². The number of methoxy groups -OCH3 is 1. The summed E-state index contributed by atoms with van der Waals surface area (Å²) in [7, 11) is 1.29. The lowest BCUT2D eigenvalue weighted by molar-refractivity contribution is -0.146. The van der Waals surface area contributed by atoms with Gasteiger partial charge in [0.05, 0.1) is 19.6 Å². The van der Waals surface area contributed by atoms with Gasteiger partial charge in [-0.2, -0.15) is 0 Å². The van der Waals surface area contributed by atoms with Crippen LogP contribution in [-0.4, -0.2) is 30.8 Å². The molecule has 2 atom stereocenters. The maximum atomic E-state index is 12.3. The summed E-state index contributed by atoms with van der Waals surface area (Å²) in [5.74, 6) is -1.12. The van der Waals surface area contributed by atoms with E-state index in [1.807, 2.05) is 12.1 Å². The summed E-state index contributed by atoms with van der Waals surface area (Å²) in [6.45, 7) is 2.55. The van der Waals surface area contributed by atoms with Crippen LogP contribution < -0.4 is 10.2 Å². The highest BCUT2D eigenvalue weighted by Crippen LogP contribution is 2.55. The molecule has 27 heavy (non-hydrogen) atoms. The molecule has 0 unspecified atom stereocenters. The number of hydrogen-bond donors (Lipinski definition) is 2. The fourth-order valence-corrected chi connectivity index (χ4v) is 3.52. The smallest absolute Gasteiger partial charge is 0.317 e. The monoisotopic (exact) mass is 369 g/mol. The Labute approximate surface area is 158 Å². The predicted octanol–water partition coefficient (Wildman–Crippen LogP) is 2.55. The van der Waals surface area contributed by atoms with Gasteiger partial charge in [-0.15, -0.1) is 0 Å². The number of carbonyl (C=O) groups is 2. The van der Waals surface area contributed by atoms with Gasteiger partial charge in [0.25, 0.3) is 0 Å². The minimum absolute atomic E-state index is 0.290. The lowest BCUT2D eigenvalue weighted by Crippen LogP contribution is -2.31. The molecule has 1 saturated carbocycles. The quantitative estimate of drug-likeness (QED) is 0.445. The van der Waals surface area contributed by atoms with E-state index in [0.717, 1.165) is 6.42 Å². The molecule has 1 aliphatic rings. The Kier molecular flexibility index (Phi) is 5.46. The van der Waals surface area contributed by atoms with Gasteiger partial charge >= 0.3 is 5.97 Å². The van der Waals surface area contributed by atoms with Crippen LogP contribution in [-0.2, 0) is 26.2 Å². The Balaban J connectivity index is 1.72. The molecule has 0 heterocycles. The second-order valence-corrected chi connectivity index (χ2v) is 6.81. The third-order valence-corrected chi connectivity index (χ3v) is 5.03. The predicted molar refractivity (Wildman–Crippen MR) is 98.6 cm³/mol. The van der Waals surface area contributed by atoms with Crippen molar-refractivity contribution in [2.45, 2.75) is 25.2 Å². The molecule has 0 saturated heterocycles. The highest BCUT2D eigenvalue weighted by Gasteiger charge is 2.65. The van der Waals surface area contributed by atoms with E-state index in [1.54, 1.807) is 23.7 Å². The van der Waals surface area contributed by atoms with E-state index in [2.05, 4.69) is 25.1 Å². The van der Waals surface area contributed by atoms with Crippen LogP contribution in [0.15, 0.2) is 48.5 Å². The molecule has 3 rings (SSSR count). The summed E-state index contributed by atoms with van der Waals surface area (Å²) >= 11 is 0. The highest BCUT2D eigenvalue weighted by molar-refractivity contribution is 5.97. The molecule has 2 N–H and O–H groups in total. The lowest BCUT2D eigenvalue weighted by Gasteiger charge is -2.16. The second kappa shape index (κ2) is 7.80. The zero-order valence-electron chi connectivity index (χ0n) is 15.4. The number of amides is 1. The van der Waals surface area contributed by atoms with Crippen molar-refractivity contribution in [2.24, 2.45) is 5.92 Å². The van der Waals surface area contributed by atoms with Gasteiger partial charge in [-0.05, 0) is 36.6 Å². The number of ether oxygens (including phenoxy) is 2. The van der Waals surface area contributed by atoms with Crippen molar-refractivity contribution in [3.8, 4) is 5.75 Å². The molecule has 142 valence electrons. The minimum atomic E-state index is -1.07. The summed E-state index contributed by atoms with van der Waals surface area (Å²) < 4.78 is 10.8. The van der Waals surface area contributed by atoms with Crippen LogP contribution in [0, 0.1) is 12.8 Å². The average molecular weight is 369 g/mol. The minimum Gasteiger partial charge on any atom is -0.493 e. The molecule has 1 amide bonds. The molecule has 0 aromatic heterocycles. The highest BCUT2D eigenvalue weighted by atomic mass is 16.5. The van der Waals surface area contributed by atoms with Gasteiger partial charge < -0.3 is 9.47 Å². The summed E-state index contributed by atoms with van der Waals surface area (Å²) in [5.41, 5.74) is 3.60. The Morgan fingerprint density at radius 3 is 2.70 bits per heavy atom. The van der Waals surface area contributed by atoms with Crippen LogP contribution >= 0.6 is 0 Å². The number of aryl methyl sites for hydroxylation is 1. The maximum Gasteiger partial charge on any atom is 0.317 e. The third kappa shape index (κ3) is 3.80. The Morgan fingerprint density at radius 1 is 1.22 bits per heavy atom. The normalized spacial score (nSPS) is 20.6. The average Bonchev–Trinajstić information content (AvgIpc) is 3.44. The van der Waals surface area contributed by atoms with Crippen LogP contribution in [0.5, 0.6) is 5.75 Å². The summed E-state index contributed by atoms with van der Waals surface area (Å²) in [4.78, 5) is 24.2. The number of nitrogens with one attached hydrogen (secondary N) is 1. The number of hydroxylamine groups is 1. The van der Waals surface area contributed by atoms with Crippen molar-refractivity contribution in [1.29, 1.82) is 0 Å². The molecular weight excluding hydrogens is 346 g/mol. The van der Waals surface area contributed by atoms with E-state index in [4.69, 9.17) is 14.7 Å². The van der Waals surface area contributed by atoms with Gasteiger partial charge in [-0.1, -0.05) is 42.0 Å². The standard InChI is InChI=1S/C21H23NO5/c1-14-5-3-6-15(11-14)9-10-27-17-8-4-7-16(12-17)21(20(24)26-2)13-18(21)19(23)22-25/h3-8,11-12,18,25H,9-10,13H2,1-2H3,(H,22,23)/t18-,21-/m0/s1. The van der Waals surface area contributed by atoms with Crippen LogP contribution in [0.25, 0.3) is 0 Å². The molecule has 0 aliphatic heterocycles. The Morgan fingerprint density at radius 2 is 2.00 bits per heavy atom. The van der Waals surface area contributed by atoms with Crippen LogP contribution in [0.1, 0.15) is 23.1 Å². The molecule has 0 radical (unpaired) electrons. The van der Waals surface area contributed by atoms with Gasteiger partial charge in [-0.3, -0.25) is 14.8 Å². The second-order valence-electron chi connectivity index (χ2n) is 6.81. The molecule has 6 heteroatoms. The van der Waals surface area contributed by atoms with E-state index >= 15 is 0 Å². The lowest BCUT2D eigenvalue weighted by atomic mass is 9.92. The van der Waals surface area contributed by atoms with Gasteiger partial charge in [0.1, 0.15) is 11.2 Å². The first-order valence-electron chi connectivity index (χ1n) is 8.82. The van der Waals surface area contributed by atoms with E-state index in [1.165, 1.54) is 18.2 Å². The molecular formula is C21H23NO5. The third-order valence-electron chi connectivity index (χ3n) is 5.03. The van der Waals surface area contributed by atoms with Crippen molar-refractivity contribution in [2.75, 3.05) is 13.7 Å². The maximum absolute atomic E-state index is 12.3. The molecule has 2 aromatic rings. The first-order valence-corrected chi connectivity index (χ1v) is 8.82. The van der Waals surface area contributed by atoms with Crippen LogP contribution in [0.3, 0.4) is 0 Å². The zero-order chi connectivity index (χ0) is 19.4. The Bertz CT molecular complexity index is 850. The molecule has 2 aromatic carbocycles. The van der Waals surface area contributed by atoms with Crippen molar-refractivity contribution in [3.05, 3.63) is 65.2 Å². The van der Waals surface area contributed by atoms with Crippen molar-refractivity contribution >= 4 is 11.9 Å². The van der Waals surface area contributed by atoms with Crippen molar-refractivity contribution < 1.29 is 24.3 Å². The van der Waals surface area contributed by atoms with Crippen molar-refractivity contribution in [3.63, 3.8) is 0 Å². The number of esters is 1. The number of hydrogen-bond acceptors (Lipinski definition) is 5. The first-order chi connectivity index (χ1) is 13.0. The number of carbonyl (C=O) groups excluding carboxylic acids is 2. The van der Waals surface area contributed by atoms with Crippen LogP contribution in [0.4, 0.5) is 0 Å². The molecule has 0 bridgehead atoms. The van der Waals surface area contributed by atoms with E-state index in [0.29, 0.717) is 24.3 Å². The van der Waals surface area contributed by atoms with Gasteiger partial charge in [0.15, 0.2) is 0 Å².